The largest absolute Gasteiger partial charge is 0.453 e. The molecule has 156 valence electrons. The van der Waals surface area contributed by atoms with Gasteiger partial charge in [0.05, 0.1) is 0 Å². The summed E-state index contributed by atoms with van der Waals surface area (Å²) in [5, 5.41) is 6.45. The second-order valence-electron chi connectivity index (χ2n) is 7.49. The van der Waals surface area contributed by atoms with Crippen molar-refractivity contribution in [2.24, 2.45) is 5.92 Å². The normalized spacial score (nSPS) is 13.5. The zero-order chi connectivity index (χ0) is 21.2. The number of fused-ring (bicyclic) bond motifs is 1. The minimum absolute atomic E-state index is 0.0960. The maximum Gasteiger partial charge on any atom is 0.453 e. The molecule has 0 aliphatic rings. The summed E-state index contributed by atoms with van der Waals surface area (Å²) in [6.07, 6.45) is -4.05. The van der Waals surface area contributed by atoms with E-state index in [4.69, 9.17) is 0 Å². The topological polar surface area (TPSA) is 75.4 Å². The summed E-state index contributed by atoms with van der Waals surface area (Å²) in [4.78, 5) is 21.9. The van der Waals surface area contributed by atoms with Crippen LogP contribution in [0.4, 0.5) is 13.2 Å². The third-order valence-corrected chi connectivity index (χ3v) is 4.85. The Kier molecular flexibility index (Phi) is 6.63. The second kappa shape index (κ2) is 8.42. The Morgan fingerprint density at radius 1 is 1.21 bits per heavy atom. The van der Waals surface area contributed by atoms with Crippen molar-refractivity contribution in [1.29, 1.82) is 0 Å². The van der Waals surface area contributed by atoms with Crippen LogP contribution in [0.5, 0.6) is 0 Å². The Hall–Kier alpha value is -2.23. The van der Waals surface area contributed by atoms with Gasteiger partial charge >= 0.3 is 6.18 Å². The lowest BCUT2D eigenvalue weighted by Crippen LogP contribution is -2.43. The van der Waals surface area contributed by atoms with Gasteiger partial charge in [0.1, 0.15) is 0 Å². The van der Waals surface area contributed by atoms with E-state index in [1.807, 2.05) is 14.1 Å². The van der Waals surface area contributed by atoms with Crippen molar-refractivity contribution in [1.82, 2.24) is 29.8 Å². The second-order valence-corrected chi connectivity index (χ2v) is 7.49. The third-order valence-electron chi connectivity index (χ3n) is 4.85. The van der Waals surface area contributed by atoms with E-state index in [1.165, 1.54) is 0 Å². The molecule has 10 heteroatoms. The quantitative estimate of drug-likeness (QED) is 0.773. The number of likely N-dealkylation sites (N-methyl/N-ethyl adjacent to an activating group) is 1. The van der Waals surface area contributed by atoms with Crippen molar-refractivity contribution < 1.29 is 18.0 Å². The first-order valence-corrected chi connectivity index (χ1v) is 9.15. The maximum atomic E-state index is 12.9. The van der Waals surface area contributed by atoms with Gasteiger partial charge in [-0.05, 0) is 45.8 Å². The summed E-state index contributed by atoms with van der Waals surface area (Å²) in [6.45, 7) is 8.08. The zero-order valence-corrected chi connectivity index (χ0v) is 17.1. The summed E-state index contributed by atoms with van der Waals surface area (Å²) in [6, 6.07) is 0.223. The number of carbonyl (C=O) groups is 1. The van der Waals surface area contributed by atoms with Gasteiger partial charge in [-0.2, -0.15) is 18.2 Å². The van der Waals surface area contributed by atoms with Crippen LogP contribution in [0.1, 0.15) is 43.0 Å². The average molecular weight is 400 g/mol. The van der Waals surface area contributed by atoms with Crippen molar-refractivity contribution in [2.45, 2.75) is 52.8 Å². The van der Waals surface area contributed by atoms with Crippen molar-refractivity contribution in [3.05, 3.63) is 22.8 Å². The van der Waals surface area contributed by atoms with Crippen LogP contribution in [0, 0.1) is 19.8 Å². The lowest BCUT2D eigenvalue weighted by molar-refractivity contribution is -0.144. The summed E-state index contributed by atoms with van der Waals surface area (Å²) < 4.78 is 39.6. The molecular formula is C18H27F3N6O. The van der Waals surface area contributed by atoms with E-state index in [9.17, 15) is 18.0 Å². The lowest BCUT2D eigenvalue weighted by Gasteiger charge is -2.28. The molecule has 0 bridgehead atoms. The Bertz CT molecular complexity index is 836. The fourth-order valence-corrected chi connectivity index (χ4v) is 3.25. The molecule has 1 atom stereocenters. The van der Waals surface area contributed by atoms with Crippen LogP contribution < -0.4 is 5.32 Å². The molecule has 0 aromatic carbocycles. The molecule has 0 saturated carbocycles. The van der Waals surface area contributed by atoms with Crippen LogP contribution in [0.25, 0.3) is 5.78 Å². The van der Waals surface area contributed by atoms with E-state index in [-0.39, 0.29) is 24.1 Å². The minimum atomic E-state index is -4.63. The number of halogens is 3. The molecule has 1 unspecified atom stereocenters. The van der Waals surface area contributed by atoms with Crippen molar-refractivity contribution in [3.8, 4) is 0 Å². The molecule has 0 saturated heterocycles. The number of aryl methyl sites for hydroxylation is 2. The van der Waals surface area contributed by atoms with E-state index < -0.39 is 12.0 Å². The Morgan fingerprint density at radius 3 is 2.39 bits per heavy atom. The van der Waals surface area contributed by atoms with Crippen LogP contribution in [0.3, 0.4) is 0 Å². The molecule has 28 heavy (non-hydrogen) atoms. The van der Waals surface area contributed by atoms with Crippen LogP contribution in [0.15, 0.2) is 0 Å². The van der Waals surface area contributed by atoms with Gasteiger partial charge < -0.3 is 10.2 Å². The molecule has 2 aromatic heterocycles. The highest BCUT2D eigenvalue weighted by Crippen LogP contribution is 2.27. The van der Waals surface area contributed by atoms with E-state index in [2.05, 4.69) is 39.1 Å². The number of nitrogens with zero attached hydrogens (tertiary/aromatic N) is 5. The summed E-state index contributed by atoms with van der Waals surface area (Å²) in [5.74, 6) is -1.04. The van der Waals surface area contributed by atoms with E-state index in [0.29, 0.717) is 35.8 Å². The third kappa shape index (κ3) is 4.98. The van der Waals surface area contributed by atoms with Gasteiger partial charge in [0.2, 0.25) is 5.91 Å². The fourth-order valence-electron chi connectivity index (χ4n) is 3.25. The number of alkyl halides is 3. The van der Waals surface area contributed by atoms with Gasteiger partial charge in [0.15, 0.2) is 0 Å². The highest BCUT2D eigenvalue weighted by molar-refractivity contribution is 5.76. The van der Waals surface area contributed by atoms with E-state index in [1.54, 1.807) is 13.8 Å². The number of amides is 1. The van der Waals surface area contributed by atoms with Gasteiger partial charge in [0, 0.05) is 30.4 Å². The standard InChI is InChI=1S/C18H27F3N6O/c1-10(2)14(26(5)6)9-22-15(28)8-7-13-11(3)23-17-24-16(18(19,20)21)25-27(17)12(13)4/h10,14H,7-9H2,1-6H3,(H,22,28). The molecule has 2 aromatic rings. The predicted octanol–water partition coefficient (Wildman–Crippen LogP) is 2.39. The molecule has 2 rings (SSSR count). The first-order valence-electron chi connectivity index (χ1n) is 9.15. The van der Waals surface area contributed by atoms with Crippen LogP contribution in [0.2, 0.25) is 0 Å². The number of hydrogen-bond donors (Lipinski definition) is 1. The van der Waals surface area contributed by atoms with Gasteiger partial charge in [-0.3, -0.25) is 4.79 Å². The molecule has 0 aliphatic carbocycles. The SMILES string of the molecule is Cc1nc2nc(C(F)(F)F)nn2c(C)c1CCC(=O)NCC(C(C)C)N(C)C. The summed E-state index contributed by atoms with van der Waals surface area (Å²) >= 11 is 0. The van der Waals surface area contributed by atoms with Gasteiger partial charge in [-0.1, -0.05) is 13.8 Å². The number of rotatable bonds is 7. The molecule has 0 spiro atoms. The number of aromatic nitrogens is 4. The summed E-state index contributed by atoms with van der Waals surface area (Å²) in [5.41, 5.74) is 1.76. The number of hydrogen-bond acceptors (Lipinski definition) is 5. The molecule has 0 radical (unpaired) electrons. The molecule has 2 heterocycles. The van der Waals surface area contributed by atoms with Crippen molar-refractivity contribution >= 4 is 11.7 Å². The average Bonchev–Trinajstić information content (AvgIpc) is 2.98. The molecule has 7 nitrogen and oxygen atoms in total. The van der Waals surface area contributed by atoms with Gasteiger partial charge in [-0.25, -0.2) is 9.50 Å². The minimum Gasteiger partial charge on any atom is -0.355 e. The van der Waals surface area contributed by atoms with Gasteiger partial charge in [-0.15, -0.1) is 5.10 Å². The first-order chi connectivity index (χ1) is 12.9. The molecular weight excluding hydrogens is 373 g/mol. The number of nitrogens with one attached hydrogen (secondary N) is 1. The van der Waals surface area contributed by atoms with Crippen LogP contribution in [-0.4, -0.2) is 57.1 Å². The molecule has 1 amide bonds. The highest BCUT2D eigenvalue weighted by Gasteiger charge is 2.37. The molecule has 0 fully saturated rings. The lowest BCUT2D eigenvalue weighted by atomic mass is 10.0. The fraction of sp³-hybridized carbons (Fsp3) is 0.667. The Morgan fingerprint density at radius 2 is 1.86 bits per heavy atom. The Labute approximate surface area is 162 Å². The summed E-state index contributed by atoms with van der Waals surface area (Å²) in [7, 11) is 3.94. The molecule has 1 N–H and O–H groups in total. The smallest absolute Gasteiger partial charge is 0.355 e. The molecule has 0 aliphatic heterocycles. The highest BCUT2D eigenvalue weighted by atomic mass is 19.4. The van der Waals surface area contributed by atoms with Crippen molar-refractivity contribution in [3.63, 3.8) is 0 Å². The zero-order valence-electron chi connectivity index (χ0n) is 17.1. The van der Waals surface area contributed by atoms with E-state index >= 15 is 0 Å². The number of carbonyl (C=O) groups excluding carboxylic acids is 1. The van der Waals surface area contributed by atoms with Gasteiger partial charge in [0.25, 0.3) is 11.6 Å². The maximum absolute atomic E-state index is 12.9. The van der Waals surface area contributed by atoms with Crippen LogP contribution >= 0.6 is 0 Å². The monoisotopic (exact) mass is 400 g/mol. The van der Waals surface area contributed by atoms with E-state index in [0.717, 1.165) is 4.52 Å². The van der Waals surface area contributed by atoms with Crippen LogP contribution in [-0.2, 0) is 17.4 Å². The Balaban J connectivity index is 2.10. The first kappa shape index (κ1) is 22.1. The van der Waals surface area contributed by atoms with Crippen molar-refractivity contribution in [2.75, 3.05) is 20.6 Å². The predicted molar refractivity (Wildman–Crippen MR) is 98.9 cm³/mol.